The number of methoxy groups -OCH3 is 2. The first kappa shape index (κ1) is 25.2. The second-order valence-corrected chi connectivity index (χ2v) is 8.78. The second-order valence-electron chi connectivity index (χ2n) is 8.78. The number of hydrogen-bond donors (Lipinski definition) is 2. The largest absolute Gasteiger partial charge is 0.497 e. The number of aliphatic hydroxyl groups excluding tert-OH is 1. The maximum atomic E-state index is 9.67. The molecule has 0 saturated carbocycles. The summed E-state index contributed by atoms with van der Waals surface area (Å²) in [6.45, 7) is 2.33. The van der Waals surface area contributed by atoms with Crippen molar-refractivity contribution >= 4 is 0 Å². The van der Waals surface area contributed by atoms with Gasteiger partial charge in [-0.1, -0.05) is 54.6 Å². The van der Waals surface area contributed by atoms with Crippen LogP contribution in [-0.2, 0) is 15.1 Å². The second kappa shape index (κ2) is 12.2. The third-order valence-corrected chi connectivity index (χ3v) is 6.44. The van der Waals surface area contributed by atoms with Crippen LogP contribution in [0, 0.1) is 0 Å². The Hall–Kier alpha value is -2.90. The maximum absolute atomic E-state index is 9.67. The molecule has 0 aliphatic carbocycles. The van der Waals surface area contributed by atoms with Gasteiger partial charge in [0, 0.05) is 19.2 Å². The van der Waals surface area contributed by atoms with E-state index in [-0.39, 0.29) is 12.1 Å². The minimum Gasteiger partial charge on any atom is -0.497 e. The quantitative estimate of drug-likeness (QED) is 0.302. The topological polar surface area (TPSA) is 69.2 Å². The van der Waals surface area contributed by atoms with Crippen molar-refractivity contribution in [2.24, 2.45) is 0 Å². The molecule has 0 bridgehead atoms. The number of benzene rings is 3. The minimum atomic E-state index is -0.809. The fourth-order valence-corrected chi connectivity index (χ4v) is 4.61. The molecule has 1 saturated heterocycles. The molecule has 0 spiro atoms. The van der Waals surface area contributed by atoms with Crippen LogP contribution in [0.5, 0.6) is 11.5 Å². The molecule has 186 valence electrons. The summed E-state index contributed by atoms with van der Waals surface area (Å²) >= 11 is 0. The first-order valence-corrected chi connectivity index (χ1v) is 12.1. The van der Waals surface area contributed by atoms with Gasteiger partial charge in [0.05, 0.1) is 33.5 Å². The molecule has 3 aromatic rings. The van der Waals surface area contributed by atoms with Gasteiger partial charge in [-0.2, -0.15) is 0 Å². The van der Waals surface area contributed by atoms with E-state index in [9.17, 15) is 5.11 Å². The minimum absolute atomic E-state index is 0.216. The first-order chi connectivity index (χ1) is 17.2. The van der Waals surface area contributed by atoms with Crippen molar-refractivity contribution < 1.29 is 24.1 Å². The number of hydrogen-bond acceptors (Lipinski definition) is 6. The van der Waals surface area contributed by atoms with Gasteiger partial charge < -0.3 is 29.4 Å². The van der Waals surface area contributed by atoms with Gasteiger partial charge >= 0.3 is 0 Å². The third kappa shape index (κ3) is 6.03. The number of nitrogens with one attached hydrogen (secondary N) is 1. The van der Waals surface area contributed by atoms with Crippen LogP contribution >= 0.6 is 0 Å². The molecule has 1 heterocycles. The van der Waals surface area contributed by atoms with E-state index in [1.165, 1.54) is 0 Å². The van der Waals surface area contributed by atoms with Crippen LogP contribution in [0.3, 0.4) is 0 Å². The lowest BCUT2D eigenvalue weighted by Crippen LogP contribution is -2.33. The SMILES string of the molecule is COc1ccc(C(OCCCOC[C@@H]2C[C@@H](O)CN2)(c2ccccc2)c2ccc(OC)cc2)cc1. The number of rotatable bonds is 12. The lowest BCUT2D eigenvalue weighted by molar-refractivity contribution is -0.00191. The molecule has 0 amide bonds. The van der Waals surface area contributed by atoms with E-state index in [4.69, 9.17) is 18.9 Å². The fourth-order valence-electron chi connectivity index (χ4n) is 4.61. The van der Waals surface area contributed by atoms with Crippen LogP contribution in [0.4, 0.5) is 0 Å². The molecule has 3 aromatic carbocycles. The number of aliphatic hydroxyl groups is 1. The Bertz CT molecular complexity index is 976. The van der Waals surface area contributed by atoms with Gasteiger partial charge in [-0.15, -0.1) is 0 Å². The Labute approximate surface area is 207 Å². The molecule has 0 radical (unpaired) electrons. The fraction of sp³-hybridized carbons (Fsp3) is 0.379. The molecule has 35 heavy (non-hydrogen) atoms. The van der Waals surface area contributed by atoms with Crippen LogP contribution in [0.15, 0.2) is 78.9 Å². The smallest absolute Gasteiger partial charge is 0.143 e. The molecule has 2 N–H and O–H groups in total. The molecule has 0 aromatic heterocycles. The molecule has 1 aliphatic heterocycles. The van der Waals surface area contributed by atoms with Crippen molar-refractivity contribution in [3.05, 3.63) is 95.6 Å². The molecule has 6 nitrogen and oxygen atoms in total. The molecule has 2 atom stereocenters. The van der Waals surface area contributed by atoms with Gasteiger partial charge in [0.25, 0.3) is 0 Å². The van der Waals surface area contributed by atoms with Gasteiger partial charge in [0.2, 0.25) is 0 Å². The average Bonchev–Trinajstić information content (AvgIpc) is 3.34. The van der Waals surface area contributed by atoms with Crippen molar-refractivity contribution in [3.8, 4) is 11.5 Å². The van der Waals surface area contributed by atoms with Crippen molar-refractivity contribution in [2.75, 3.05) is 40.6 Å². The average molecular weight is 478 g/mol. The van der Waals surface area contributed by atoms with Gasteiger partial charge in [-0.25, -0.2) is 0 Å². The van der Waals surface area contributed by atoms with Crippen molar-refractivity contribution in [1.82, 2.24) is 5.32 Å². The van der Waals surface area contributed by atoms with E-state index < -0.39 is 5.60 Å². The predicted molar refractivity (Wildman–Crippen MR) is 136 cm³/mol. The van der Waals surface area contributed by atoms with Gasteiger partial charge in [0.15, 0.2) is 0 Å². The van der Waals surface area contributed by atoms with E-state index in [0.717, 1.165) is 41.0 Å². The van der Waals surface area contributed by atoms with Crippen molar-refractivity contribution in [2.45, 2.75) is 30.6 Å². The standard InChI is InChI=1S/C29H35NO5/c1-32-27-13-9-23(10-14-27)29(22-7-4-3-5-8-22,24-11-15-28(33-2)16-12-24)35-18-6-17-34-21-25-19-26(31)20-30-25/h3-5,7-16,25-26,30-31H,6,17-21H2,1-2H3/t25-,26+/m0/s1. The summed E-state index contributed by atoms with van der Waals surface area (Å²) in [5.74, 6) is 1.59. The zero-order chi connectivity index (χ0) is 24.5. The predicted octanol–water partition coefficient (Wildman–Crippen LogP) is 4.14. The van der Waals surface area contributed by atoms with Crippen LogP contribution in [0.1, 0.15) is 29.5 Å². The van der Waals surface area contributed by atoms with E-state index in [0.29, 0.717) is 26.4 Å². The zero-order valence-electron chi connectivity index (χ0n) is 20.5. The third-order valence-electron chi connectivity index (χ3n) is 6.44. The molecule has 4 rings (SSSR count). The molecule has 1 fully saturated rings. The summed E-state index contributed by atoms with van der Waals surface area (Å²) in [6.07, 6.45) is 1.21. The maximum Gasteiger partial charge on any atom is 0.143 e. The molecular weight excluding hydrogens is 442 g/mol. The molecule has 6 heteroatoms. The molecular formula is C29H35NO5. The summed E-state index contributed by atoms with van der Waals surface area (Å²) in [4.78, 5) is 0. The highest BCUT2D eigenvalue weighted by molar-refractivity contribution is 5.49. The Kier molecular flexibility index (Phi) is 8.77. The summed E-state index contributed by atoms with van der Waals surface area (Å²) < 4.78 is 23.5. The van der Waals surface area contributed by atoms with E-state index in [1.54, 1.807) is 14.2 Å². The number of β-amino-alcohol motifs (C(OH)–C–C–N with tert-alkyl or cyclic N) is 1. The highest BCUT2D eigenvalue weighted by Crippen LogP contribution is 2.41. The van der Waals surface area contributed by atoms with E-state index in [1.807, 2.05) is 42.5 Å². The number of ether oxygens (including phenoxy) is 4. The zero-order valence-corrected chi connectivity index (χ0v) is 20.5. The van der Waals surface area contributed by atoms with E-state index in [2.05, 4.69) is 41.7 Å². The van der Waals surface area contributed by atoms with Crippen molar-refractivity contribution in [1.29, 1.82) is 0 Å². The molecule has 0 unspecified atom stereocenters. The summed E-state index contributed by atoms with van der Waals surface area (Å²) in [5.41, 5.74) is 2.26. The Morgan fingerprint density at radius 2 is 1.37 bits per heavy atom. The van der Waals surface area contributed by atoms with Crippen LogP contribution < -0.4 is 14.8 Å². The lowest BCUT2D eigenvalue weighted by Gasteiger charge is -2.36. The summed E-state index contributed by atoms with van der Waals surface area (Å²) in [6, 6.07) is 26.6. The Morgan fingerprint density at radius 1 is 0.800 bits per heavy atom. The Balaban J connectivity index is 1.57. The highest BCUT2D eigenvalue weighted by atomic mass is 16.5. The first-order valence-electron chi connectivity index (χ1n) is 12.1. The van der Waals surface area contributed by atoms with E-state index >= 15 is 0 Å². The summed E-state index contributed by atoms with van der Waals surface area (Å²) in [7, 11) is 3.34. The van der Waals surface area contributed by atoms with Gasteiger partial charge in [-0.3, -0.25) is 0 Å². The van der Waals surface area contributed by atoms with Crippen LogP contribution in [0.2, 0.25) is 0 Å². The summed E-state index contributed by atoms with van der Waals surface area (Å²) in [5, 5.41) is 12.9. The lowest BCUT2D eigenvalue weighted by atomic mass is 9.80. The monoisotopic (exact) mass is 477 g/mol. The highest BCUT2D eigenvalue weighted by Gasteiger charge is 2.37. The normalized spacial score (nSPS) is 17.9. The van der Waals surface area contributed by atoms with Crippen molar-refractivity contribution in [3.63, 3.8) is 0 Å². The van der Waals surface area contributed by atoms with Crippen LogP contribution in [0.25, 0.3) is 0 Å². The van der Waals surface area contributed by atoms with Crippen LogP contribution in [-0.4, -0.2) is 57.8 Å². The van der Waals surface area contributed by atoms with Gasteiger partial charge in [-0.05, 0) is 53.8 Å². The Morgan fingerprint density at radius 3 is 1.89 bits per heavy atom. The molecule has 1 aliphatic rings. The van der Waals surface area contributed by atoms with Gasteiger partial charge in [0.1, 0.15) is 17.1 Å².